The van der Waals surface area contributed by atoms with Gasteiger partial charge in [-0.2, -0.15) is 0 Å². The standard InChI is InChI=1S/C31H40N4O2/c1-10-21(27-34-35-28(37-27)31(9)17-15-24(16-18-31)30(6,7)8)19-20(2)25(32)36-26(33)22-11-13-23(14-12-22)29(3,4)5/h10-17,19,32-33H,18H2,1-9H3/b20-19+,21-10+,32-25?,33-26?. The maximum atomic E-state index is 8.37. The lowest BCUT2D eigenvalue weighted by atomic mass is 9.76. The molecule has 1 aromatic heterocycles. The molecular weight excluding hydrogens is 460 g/mol. The van der Waals surface area contributed by atoms with E-state index in [1.807, 2.05) is 37.3 Å². The largest absolute Gasteiger partial charge is 0.421 e. The van der Waals surface area contributed by atoms with Crippen molar-refractivity contribution in [1.82, 2.24) is 10.2 Å². The number of nitrogens with one attached hydrogen (secondary N) is 2. The number of nitrogens with zero attached hydrogens (tertiary/aromatic N) is 2. The van der Waals surface area contributed by atoms with Crippen LogP contribution < -0.4 is 0 Å². The van der Waals surface area contributed by atoms with Crippen molar-refractivity contribution >= 4 is 17.4 Å². The third-order valence-electron chi connectivity index (χ3n) is 6.66. The fourth-order valence-corrected chi connectivity index (χ4v) is 3.95. The van der Waals surface area contributed by atoms with E-state index in [-0.39, 0.29) is 28.0 Å². The van der Waals surface area contributed by atoms with Gasteiger partial charge < -0.3 is 9.15 Å². The second-order valence-corrected chi connectivity index (χ2v) is 11.9. The van der Waals surface area contributed by atoms with Crippen molar-refractivity contribution in [3.63, 3.8) is 0 Å². The number of rotatable bonds is 5. The quantitative estimate of drug-likeness (QED) is 0.247. The van der Waals surface area contributed by atoms with E-state index in [0.717, 1.165) is 6.42 Å². The van der Waals surface area contributed by atoms with Crippen LogP contribution in [0.3, 0.4) is 0 Å². The van der Waals surface area contributed by atoms with Gasteiger partial charge in [-0.1, -0.05) is 78.0 Å². The monoisotopic (exact) mass is 500 g/mol. The molecule has 1 atom stereocenters. The van der Waals surface area contributed by atoms with Gasteiger partial charge in [0.2, 0.25) is 23.6 Å². The predicted octanol–water partition coefficient (Wildman–Crippen LogP) is 7.93. The third kappa shape index (κ3) is 6.62. The molecule has 1 heterocycles. The van der Waals surface area contributed by atoms with Crippen molar-refractivity contribution in [2.24, 2.45) is 5.41 Å². The summed E-state index contributed by atoms with van der Waals surface area (Å²) in [6, 6.07) is 7.69. The SMILES string of the molecule is C/C=C(\C=C(/C)C(=N)OC(=N)c1ccc(C(C)(C)C)cc1)c1nnc(C2(C)C=CC(C(C)(C)C)=CC2)o1. The van der Waals surface area contributed by atoms with E-state index >= 15 is 0 Å². The van der Waals surface area contributed by atoms with E-state index in [0.29, 0.717) is 28.5 Å². The highest BCUT2D eigenvalue weighted by Crippen LogP contribution is 2.38. The lowest BCUT2D eigenvalue weighted by Crippen LogP contribution is -2.23. The molecule has 37 heavy (non-hydrogen) atoms. The second kappa shape index (κ2) is 10.4. The molecule has 0 spiro atoms. The molecule has 0 aliphatic heterocycles. The molecule has 196 valence electrons. The number of hydrogen-bond acceptors (Lipinski definition) is 6. The summed E-state index contributed by atoms with van der Waals surface area (Å²) in [5.41, 5.74) is 4.09. The van der Waals surface area contributed by atoms with E-state index in [9.17, 15) is 0 Å². The van der Waals surface area contributed by atoms with Crippen LogP contribution in [0.5, 0.6) is 0 Å². The summed E-state index contributed by atoms with van der Waals surface area (Å²) in [6.45, 7) is 18.8. The molecule has 6 nitrogen and oxygen atoms in total. The number of allylic oxidation sites excluding steroid dienone is 7. The first kappa shape index (κ1) is 28.0. The topological polar surface area (TPSA) is 95.8 Å². The van der Waals surface area contributed by atoms with E-state index in [4.69, 9.17) is 20.0 Å². The van der Waals surface area contributed by atoms with E-state index in [1.54, 1.807) is 13.0 Å². The van der Waals surface area contributed by atoms with Crippen LogP contribution >= 0.6 is 0 Å². The second-order valence-electron chi connectivity index (χ2n) is 11.9. The van der Waals surface area contributed by atoms with Gasteiger partial charge in [-0.15, -0.1) is 10.2 Å². The number of benzene rings is 1. The van der Waals surface area contributed by atoms with Gasteiger partial charge in [0.15, 0.2) is 0 Å². The van der Waals surface area contributed by atoms with Gasteiger partial charge in [-0.05, 0) is 67.4 Å². The summed E-state index contributed by atoms with van der Waals surface area (Å²) in [6.07, 6.45) is 11.0. The number of ether oxygens (including phenoxy) is 1. The van der Waals surface area contributed by atoms with Gasteiger partial charge in [0.1, 0.15) is 0 Å². The predicted molar refractivity (Wildman–Crippen MR) is 151 cm³/mol. The summed E-state index contributed by atoms with van der Waals surface area (Å²) < 4.78 is 11.6. The molecule has 2 aromatic rings. The molecule has 1 aliphatic carbocycles. The summed E-state index contributed by atoms with van der Waals surface area (Å²) in [4.78, 5) is 0. The van der Waals surface area contributed by atoms with Crippen LogP contribution in [0.25, 0.3) is 5.57 Å². The lowest BCUT2D eigenvalue weighted by molar-refractivity contribution is 0.390. The van der Waals surface area contributed by atoms with Gasteiger partial charge in [0.05, 0.1) is 5.41 Å². The van der Waals surface area contributed by atoms with Gasteiger partial charge >= 0.3 is 0 Å². The Bertz CT molecular complexity index is 1290. The number of hydrogen-bond donors (Lipinski definition) is 2. The Labute approximate surface area is 221 Å². The molecule has 0 saturated carbocycles. The highest BCUT2D eigenvalue weighted by molar-refractivity contribution is 6.05. The highest BCUT2D eigenvalue weighted by Gasteiger charge is 2.33. The normalized spacial score (nSPS) is 19.0. The minimum Gasteiger partial charge on any atom is -0.421 e. The highest BCUT2D eigenvalue weighted by atomic mass is 16.5. The fraction of sp³-hybridized carbons (Fsp3) is 0.419. The van der Waals surface area contributed by atoms with Crippen LogP contribution in [0, 0.1) is 16.2 Å². The van der Waals surface area contributed by atoms with Crippen LogP contribution in [0.2, 0.25) is 0 Å². The molecule has 1 unspecified atom stereocenters. The lowest BCUT2D eigenvalue weighted by Gasteiger charge is -2.29. The smallest absolute Gasteiger partial charge is 0.247 e. The molecule has 0 fully saturated rings. The summed E-state index contributed by atoms with van der Waals surface area (Å²) >= 11 is 0. The van der Waals surface area contributed by atoms with Crippen molar-refractivity contribution in [3.05, 3.63) is 88.7 Å². The van der Waals surface area contributed by atoms with Crippen molar-refractivity contribution in [1.29, 1.82) is 10.8 Å². The van der Waals surface area contributed by atoms with Gasteiger partial charge in [0.25, 0.3) is 0 Å². The van der Waals surface area contributed by atoms with Crippen molar-refractivity contribution in [3.8, 4) is 0 Å². The van der Waals surface area contributed by atoms with Gasteiger partial charge in [-0.3, -0.25) is 10.8 Å². The van der Waals surface area contributed by atoms with E-state index in [2.05, 4.69) is 76.9 Å². The zero-order valence-corrected chi connectivity index (χ0v) is 23.6. The summed E-state index contributed by atoms with van der Waals surface area (Å²) in [5, 5.41) is 25.3. The van der Waals surface area contributed by atoms with Crippen molar-refractivity contribution in [2.75, 3.05) is 0 Å². The van der Waals surface area contributed by atoms with Crippen molar-refractivity contribution < 1.29 is 9.15 Å². The Morgan fingerprint density at radius 1 is 1.03 bits per heavy atom. The minimum atomic E-state index is -0.370. The zero-order valence-electron chi connectivity index (χ0n) is 23.6. The van der Waals surface area contributed by atoms with Crippen molar-refractivity contribution in [2.45, 2.75) is 79.6 Å². The average molecular weight is 501 g/mol. The number of aromatic nitrogens is 2. The Hall–Kier alpha value is -3.54. The molecular formula is C31H40N4O2. The van der Waals surface area contributed by atoms with E-state index in [1.165, 1.54) is 11.1 Å². The molecule has 6 heteroatoms. The van der Waals surface area contributed by atoms with Crippen LogP contribution in [-0.2, 0) is 15.6 Å². The Morgan fingerprint density at radius 2 is 1.68 bits per heavy atom. The average Bonchev–Trinajstić information content (AvgIpc) is 3.32. The third-order valence-corrected chi connectivity index (χ3v) is 6.66. The first-order valence-corrected chi connectivity index (χ1v) is 12.7. The summed E-state index contributed by atoms with van der Waals surface area (Å²) in [7, 11) is 0. The van der Waals surface area contributed by atoms with Gasteiger partial charge in [-0.25, -0.2) is 0 Å². The molecule has 1 aromatic carbocycles. The maximum absolute atomic E-state index is 8.37. The maximum Gasteiger partial charge on any atom is 0.247 e. The molecule has 2 N–H and O–H groups in total. The molecule has 0 radical (unpaired) electrons. The van der Waals surface area contributed by atoms with Crippen LogP contribution in [0.15, 0.2) is 70.2 Å². The molecule has 0 saturated heterocycles. The first-order chi connectivity index (χ1) is 17.1. The van der Waals surface area contributed by atoms with Crippen LogP contribution in [0.1, 0.15) is 91.6 Å². The molecule has 0 bridgehead atoms. The van der Waals surface area contributed by atoms with Crippen LogP contribution in [0.4, 0.5) is 0 Å². The minimum absolute atomic E-state index is 0.0296. The van der Waals surface area contributed by atoms with Crippen LogP contribution in [-0.4, -0.2) is 22.0 Å². The Morgan fingerprint density at radius 3 is 2.19 bits per heavy atom. The Balaban J connectivity index is 1.71. The molecule has 1 aliphatic rings. The summed E-state index contributed by atoms with van der Waals surface area (Å²) in [5.74, 6) is 0.768. The van der Waals surface area contributed by atoms with Gasteiger partial charge in [0, 0.05) is 16.7 Å². The molecule has 3 rings (SSSR count). The van der Waals surface area contributed by atoms with E-state index < -0.39 is 0 Å². The first-order valence-electron chi connectivity index (χ1n) is 12.7. The molecule has 0 amide bonds. The Kier molecular flexibility index (Phi) is 7.91. The zero-order chi connectivity index (χ0) is 27.6. The fourth-order valence-electron chi connectivity index (χ4n) is 3.95.